The van der Waals surface area contributed by atoms with E-state index >= 15 is 0 Å². The van der Waals surface area contributed by atoms with E-state index in [0.29, 0.717) is 18.7 Å². The van der Waals surface area contributed by atoms with E-state index in [0.717, 1.165) is 11.3 Å². The summed E-state index contributed by atoms with van der Waals surface area (Å²) in [5.74, 6) is 0.265. The van der Waals surface area contributed by atoms with Crippen LogP contribution in [0.5, 0.6) is 5.88 Å². The number of nitrogens with two attached hydrogens (primary N) is 1. The largest absolute Gasteiger partial charge is 0.474 e. The summed E-state index contributed by atoms with van der Waals surface area (Å²) in [7, 11) is 0. The molecule has 2 N–H and O–H groups in total. The number of hydrogen-bond donors (Lipinski definition) is 1. The second kappa shape index (κ2) is 4.53. The molecule has 0 bridgehead atoms. The van der Waals surface area contributed by atoms with Crippen molar-refractivity contribution in [1.82, 2.24) is 10.2 Å². The van der Waals surface area contributed by atoms with Crippen LogP contribution in [-0.2, 0) is 0 Å². The van der Waals surface area contributed by atoms with Crippen molar-refractivity contribution < 1.29 is 4.74 Å². The zero-order valence-electron chi connectivity index (χ0n) is 8.24. The van der Waals surface area contributed by atoms with E-state index in [9.17, 15) is 0 Å². The fourth-order valence-electron chi connectivity index (χ4n) is 0.975. The molecule has 0 saturated heterocycles. The first-order chi connectivity index (χ1) is 6.70. The van der Waals surface area contributed by atoms with Gasteiger partial charge in [0.15, 0.2) is 0 Å². The van der Waals surface area contributed by atoms with Crippen LogP contribution in [0.15, 0.2) is 0 Å². The lowest BCUT2D eigenvalue weighted by Gasteiger charge is -2.07. The van der Waals surface area contributed by atoms with Crippen molar-refractivity contribution in [3.8, 4) is 11.9 Å². The van der Waals surface area contributed by atoms with Gasteiger partial charge in [-0.2, -0.15) is 10.4 Å². The van der Waals surface area contributed by atoms with Gasteiger partial charge < -0.3 is 10.5 Å². The Balaban J connectivity index is 3.06. The summed E-state index contributed by atoms with van der Waals surface area (Å²) in [5, 5.41) is 16.6. The summed E-state index contributed by atoms with van der Waals surface area (Å²) in [5.41, 5.74) is 7.25. The third-order valence-electron chi connectivity index (χ3n) is 1.89. The van der Waals surface area contributed by atoms with Crippen molar-refractivity contribution in [3.63, 3.8) is 0 Å². The zero-order valence-corrected chi connectivity index (χ0v) is 8.24. The maximum Gasteiger partial charge on any atom is 0.251 e. The molecule has 0 unspecified atom stereocenters. The fraction of sp³-hybridized carbons (Fsp3) is 0.444. The highest BCUT2D eigenvalue weighted by molar-refractivity contribution is 5.44. The van der Waals surface area contributed by atoms with Crippen LogP contribution in [0.3, 0.4) is 0 Å². The summed E-state index contributed by atoms with van der Waals surface area (Å²) < 4.78 is 5.19. The second-order valence-electron chi connectivity index (χ2n) is 2.84. The number of ether oxygens (including phenoxy) is 1. The first-order valence-corrected chi connectivity index (χ1v) is 4.27. The Morgan fingerprint density at radius 2 is 2.14 bits per heavy atom. The van der Waals surface area contributed by atoms with Crippen molar-refractivity contribution in [2.24, 2.45) is 5.73 Å². The van der Waals surface area contributed by atoms with Gasteiger partial charge in [0.1, 0.15) is 18.2 Å². The summed E-state index contributed by atoms with van der Waals surface area (Å²) >= 11 is 0. The smallest absolute Gasteiger partial charge is 0.251 e. The Kier molecular flexibility index (Phi) is 3.37. The Morgan fingerprint density at radius 1 is 1.43 bits per heavy atom. The van der Waals surface area contributed by atoms with E-state index in [1.165, 1.54) is 0 Å². The Bertz CT molecular complexity index is 370. The first kappa shape index (κ1) is 10.4. The number of nitriles is 1. The quantitative estimate of drug-likeness (QED) is 0.744. The van der Waals surface area contributed by atoms with Crippen molar-refractivity contribution in [3.05, 3.63) is 16.8 Å². The molecule has 0 amide bonds. The number of hydrogen-bond acceptors (Lipinski definition) is 5. The van der Waals surface area contributed by atoms with E-state index in [-0.39, 0.29) is 5.88 Å². The molecule has 0 fully saturated rings. The minimum atomic E-state index is 0.265. The van der Waals surface area contributed by atoms with Gasteiger partial charge >= 0.3 is 0 Å². The highest BCUT2D eigenvalue weighted by atomic mass is 16.5. The van der Waals surface area contributed by atoms with Gasteiger partial charge in [0.25, 0.3) is 5.88 Å². The number of aryl methyl sites for hydroxylation is 1. The van der Waals surface area contributed by atoms with E-state index < -0.39 is 0 Å². The van der Waals surface area contributed by atoms with Crippen molar-refractivity contribution in [2.75, 3.05) is 13.2 Å². The van der Waals surface area contributed by atoms with E-state index in [1.54, 1.807) is 6.92 Å². The molecule has 1 heterocycles. The molecule has 5 nitrogen and oxygen atoms in total. The second-order valence-corrected chi connectivity index (χ2v) is 2.84. The minimum Gasteiger partial charge on any atom is -0.474 e. The molecule has 74 valence electrons. The molecule has 14 heavy (non-hydrogen) atoms. The number of aromatic nitrogens is 2. The molecule has 0 saturated carbocycles. The predicted octanol–water partition coefficient (Wildman–Crippen LogP) is 0.303. The van der Waals surface area contributed by atoms with Crippen LogP contribution in [0.2, 0.25) is 0 Å². The highest BCUT2D eigenvalue weighted by Crippen LogP contribution is 2.18. The molecule has 1 aromatic rings. The molecule has 0 aliphatic carbocycles. The lowest BCUT2D eigenvalue weighted by atomic mass is 10.1. The summed E-state index contributed by atoms with van der Waals surface area (Å²) in [4.78, 5) is 0. The SMILES string of the molecule is Cc1nnc(OCCN)c(C#N)c1C. The molecule has 1 aromatic heterocycles. The molecule has 0 aliphatic heterocycles. The van der Waals surface area contributed by atoms with Gasteiger partial charge in [0.2, 0.25) is 0 Å². The summed E-state index contributed by atoms with van der Waals surface area (Å²) in [6.45, 7) is 4.35. The standard InChI is InChI=1S/C9H12N4O/c1-6-7(2)12-13-9(8(6)5-11)14-4-3-10/h3-4,10H2,1-2H3. The molecule has 0 radical (unpaired) electrons. The lowest BCUT2D eigenvalue weighted by molar-refractivity contribution is 0.310. The topological polar surface area (TPSA) is 84.8 Å². The summed E-state index contributed by atoms with van der Waals surface area (Å²) in [6, 6.07) is 2.05. The van der Waals surface area contributed by atoms with Crippen molar-refractivity contribution in [1.29, 1.82) is 5.26 Å². The first-order valence-electron chi connectivity index (χ1n) is 4.27. The Morgan fingerprint density at radius 3 is 2.71 bits per heavy atom. The van der Waals surface area contributed by atoms with Gasteiger partial charge in [0, 0.05) is 6.54 Å². The van der Waals surface area contributed by atoms with Crippen LogP contribution < -0.4 is 10.5 Å². The third kappa shape index (κ3) is 1.98. The molecule has 1 rings (SSSR count). The fourth-order valence-corrected chi connectivity index (χ4v) is 0.975. The molecule has 5 heteroatoms. The van der Waals surface area contributed by atoms with Gasteiger partial charge in [-0.15, -0.1) is 5.10 Å². The number of nitrogens with zero attached hydrogens (tertiary/aromatic N) is 3. The van der Waals surface area contributed by atoms with Gasteiger partial charge in [-0.1, -0.05) is 0 Å². The molecule has 0 spiro atoms. The molecule has 0 aliphatic rings. The maximum atomic E-state index is 8.89. The van der Waals surface area contributed by atoms with E-state index in [1.807, 2.05) is 13.0 Å². The molecular formula is C9H12N4O. The average Bonchev–Trinajstić information content (AvgIpc) is 2.20. The van der Waals surface area contributed by atoms with E-state index in [4.69, 9.17) is 15.7 Å². The van der Waals surface area contributed by atoms with Gasteiger partial charge in [-0.05, 0) is 19.4 Å². The molecular weight excluding hydrogens is 180 g/mol. The van der Waals surface area contributed by atoms with Crippen LogP contribution in [0.1, 0.15) is 16.8 Å². The average molecular weight is 192 g/mol. The number of rotatable bonds is 3. The van der Waals surface area contributed by atoms with Gasteiger partial charge in [-0.25, -0.2) is 0 Å². The van der Waals surface area contributed by atoms with Gasteiger partial charge in [0.05, 0.1) is 5.69 Å². The lowest BCUT2D eigenvalue weighted by Crippen LogP contribution is -2.13. The Labute approximate surface area is 82.5 Å². The minimum absolute atomic E-state index is 0.265. The van der Waals surface area contributed by atoms with Crippen LogP contribution >= 0.6 is 0 Å². The molecule has 0 aromatic carbocycles. The maximum absolute atomic E-state index is 8.89. The zero-order chi connectivity index (χ0) is 10.6. The molecule has 0 atom stereocenters. The van der Waals surface area contributed by atoms with Crippen LogP contribution in [0.4, 0.5) is 0 Å². The monoisotopic (exact) mass is 192 g/mol. The summed E-state index contributed by atoms with van der Waals surface area (Å²) in [6.07, 6.45) is 0. The highest BCUT2D eigenvalue weighted by Gasteiger charge is 2.11. The predicted molar refractivity (Wildman–Crippen MR) is 50.8 cm³/mol. The normalized spacial score (nSPS) is 9.57. The Hall–Kier alpha value is -1.67. The van der Waals surface area contributed by atoms with E-state index in [2.05, 4.69) is 10.2 Å². The van der Waals surface area contributed by atoms with Crippen LogP contribution in [-0.4, -0.2) is 23.3 Å². The van der Waals surface area contributed by atoms with Crippen molar-refractivity contribution >= 4 is 0 Å². The van der Waals surface area contributed by atoms with Gasteiger partial charge in [-0.3, -0.25) is 0 Å². The van der Waals surface area contributed by atoms with Crippen LogP contribution in [0.25, 0.3) is 0 Å². The van der Waals surface area contributed by atoms with Crippen molar-refractivity contribution in [2.45, 2.75) is 13.8 Å². The third-order valence-corrected chi connectivity index (χ3v) is 1.89. The van der Waals surface area contributed by atoms with Crippen LogP contribution in [0, 0.1) is 25.2 Å².